The Morgan fingerprint density at radius 2 is 1.80 bits per heavy atom. The average Bonchev–Trinajstić information content (AvgIpc) is 3.79. The van der Waals surface area contributed by atoms with Crippen LogP contribution in [-0.2, 0) is 32.5 Å². The SMILES string of the molecule is Cn1cnnc1-c1cnc(C(F)(F)F)cc1-c1cc(NCCCC#N)nc(N2Cc3c(cc(CN4CCC5(CCC5)C4)cc3C(F)(F)F)C2=O)c1. The summed E-state index contributed by atoms with van der Waals surface area (Å²) in [6, 6.07) is 8.37. The van der Waals surface area contributed by atoms with E-state index in [4.69, 9.17) is 5.26 Å². The Morgan fingerprint density at radius 3 is 2.45 bits per heavy atom. The van der Waals surface area contributed by atoms with Crippen LogP contribution in [0.5, 0.6) is 0 Å². The number of anilines is 2. The second-order valence-electron chi connectivity index (χ2n) is 13.5. The third kappa shape index (κ3) is 6.74. The summed E-state index contributed by atoms with van der Waals surface area (Å²) in [5.41, 5.74) is -1.32. The molecule has 1 aromatic carbocycles. The topological polar surface area (TPSA) is 116 Å². The van der Waals surface area contributed by atoms with E-state index in [-0.39, 0.29) is 70.2 Å². The zero-order valence-electron chi connectivity index (χ0n) is 27.6. The Labute approximate surface area is 289 Å². The molecule has 5 heterocycles. The molecule has 1 saturated heterocycles. The van der Waals surface area contributed by atoms with Gasteiger partial charge in [0.1, 0.15) is 23.7 Å². The highest BCUT2D eigenvalue weighted by molar-refractivity contribution is 6.10. The number of hydrogen-bond acceptors (Lipinski definition) is 8. The van der Waals surface area contributed by atoms with E-state index in [1.165, 1.54) is 29.1 Å². The molecule has 10 nitrogen and oxygen atoms in total. The first-order valence-electron chi connectivity index (χ1n) is 16.6. The number of likely N-dealkylation sites (tertiary alicyclic amines) is 1. The smallest absolute Gasteiger partial charge is 0.370 e. The molecule has 1 spiro atoms. The Bertz CT molecular complexity index is 2030. The summed E-state index contributed by atoms with van der Waals surface area (Å²) < 4.78 is 87.1. The van der Waals surface area contributed by atoms with Crippen molar-refractivity contribution >= 4 is 17.5 Å². The number of nitrogens with one attached hydrogen (secondary N) is 1. The minimum absolute atomic E-state index is 0.0365. The number of fused-ring (bicyclic) bond motifs is 1. The van der Waals surface area contributed by atoms with Crippen LogP contribution in [0.15, 0.2) is 42.9 Å². The van der Waals surface area contributed by atoms with Gasteiger partial charge in [-0.1, -0.05) is 6.42 Å². The Hall–Kier alpha value is -5.04. The van der Waals surface area contributed by atoms with E-state index in [1.54, 1.807) is 7.05 Å². The van der Waals surface area contributed by atoms with Gasteiger partial charge in [0.25, 0.3) is 5.91 Å². The van der Waals surface area contributed by atoms with Gasteiger partial charge in [-0.15, -0.1) is 10.2 Å². The minimum atomic E-state index is -4.80. The summed E-state index contributed by atoms with van der Waals surface area (Å²) in [6.07, 6.45) is -2.10. The zero-order valence-corrected chi connectivity index (χ0v) is 27.6. The number of aryl methyl sites for hydroxylation is 1. The van der Waals surface area contributed by atoms with E-state index in [2.05, 4.69) is 30.4 Å². The van der Waals surface area contributed by atoms with Crippen LogP contribution < -0.4 is 10.2 Å². The molecule has 1 saturated carbocycles. The monoisotopic (exact) mass is 709 g/mol. The summed E-state index contributed by atoms with van der Waals surface area (Å²) in [5, 5.41) is 19.9. The molecule has 1 amide bonds. The zero-order chi connectivity index (χ0) is 36.1. The number of carbonyl (C=O) groups excluding carboxylic acids is 1. The van der Waals surface area contributed by atoms with Crippen molar-refractivity contribution in [3.05, 3.63) is 70.8 Å². The maximum atomic E-state index is 14.6. The number of rotatable bonds is 9. The second-order valence-corrected chi connectivity index (χ2v) is 13.5. The number of amides is 1. The molecule has 7 rings (SSSR count). The van der Waals surface area contributed by atoms with E-state index < -0.39 is 36.1 Å². The highest BCUT2D eigenvalue weighted by Crippen LogP contribution is 2.48. The maximum absolute atomic E-state index is 14.6. The molecule has 3 aromatic heterocycles. The molecule has 0 unspecified atom stereocenters. The van der Waals surface area contributed by atoms with Gasteiger partial charge in [0.05, 0.1) is 18.2 Å². The van der Waals surface area contributed by atoms with E-state index in [0.717, 1.165) is 62.0 Å². The van der Waals surface area contributed by atoms with Crippen molar-refractivity contribution in [1.82, 2.24) is 29.6 Å². The molecular weight excluding hydrogens is 676 g/mol. The van der Waals surface area contributed by atoms with Crippen LogP contribution in [0.4, 0.5) is 38.0 Å². The quantitative estimate of drug-likeness (QED) is 0.143. The number of nitrogens with zero attached hydrogens (tertiary/aromatic N) is 8. The van der Waals surface area contributed by atoms with Crippen LogP contribution in [0.25, 0.3) is 22.5 Å². The van der Waals surface area contributed by atoms with Gasteiger partial charge in [0.2, 0.25) is 0 Å². The number of pyridine rings is 2. The number of carbonyl (C=O) groups is 1. The third-order valence-electron chi connectivity index (χ3n) is 10.1. The molecule has 266 valence electrons. The number of unbranched alkanes of at least 4 members (excludes halogenated alkanes) is 1. The van der Waals surface area contributed by atoms with E-state index in [9.17, 15) is 31.1 Å². The predicted octanol–water partition coefficient (Wildman–Crippen LogP) is 7.23. The van der Waals surface area contributed by atoms with E-state index in [0.29, 0.717) is 12.0 Å². The Kier molecular flexibility index (Phi) is 8.73. The molecule has 0 radical (unpaired) electrons. The van der Waals surface area contributed by atoms with Crippen LogP contribution in [0, 0.1) is 16.7 Å². The lowest BCUT2D eigenvalue weighted by atomic mass is 9.68. The van der Waals surface area contributed by atoms with Crippen molar-refractivity contribution in [2.24, 2.45) is 12.5 Å². The molecule has 2 aliphatic heterocycles. The fourth-order valence-electron chi connectivity index (χ4n) is 7.34. The Morgan fingerprint density at radius 1 is 1.00 bits per heavy atom. The Balaban J connectivity index is 1.30. The van der Waals surface area contributed by atoms with E-state index >= 15 is 0 Å². The van der Waals surface area contributed by atoms with Gasteiger partial charge in [0.15, 0.2) is 5.82 Å². The number of aromatic nitrogens is 5. The van der Waals surface area contributed by atoms with Gasteiger partial charge in [0, 0.05) is 50.4 Å². The van der Waals surface area contributed by atoms with Gasteiger partial charge in [-0.05, 0) is 90.2 Å². The number of nitriles is 1. The first-order valence-corrected chi connectivity index (χ1v) is 16.6. The summed E-state index contributed by atoms with van der Waals surface area (Å²) in [4.78, 5) is 25.4. The molecule has 1 aliphatic carbocycles. The molecule has 0 bridgehead atoms. The first-order chi connectivity index (χ1) is 24.2. The molecule has 51 heavy (non-hydrogen) atoms. The molecule has 4 aromatic rings. The fraction of sp³-hybridized carbons (Fsp3) is 0.429. The lowest BCUT2D eigenvalue weighted by Crippen LogP contribution is -2.33. The molecule has 2 fully saturated rings. The maximum Gasteiger partial charge on any atom is 0.433 e. The minimum Gasteiger partial charge on any atom is -0.370 e. The summed E-state index contributed by atoms with van der Waals surface area (Å²) in [5.74, 6) is -0.406. The van der Waals surface area contributed by atoms with Gasteiger partial charge < -0.3 is 9.88 Å². The van der Waals surface area contributed by atoms with Gasteiger partial charge >= 0.3 is 12.4 Å². The second kappa shape index (κ2) is 12.9. The molecule has 1 N–H and O–H groups in total. The third-order valence-corrected chi connectivity index (χ3v) is 10.1. The van der Waals surface area contributed by atoms with Crippen LogP contribution in [0.3, 0.4) is 0 Å². The largest absolute Gasteiger partial charge is 0.433 e. The summed E-state index contributed by atoms with van der Waals surface area (Å²) >= 11 is 0. The fourth-order valence-corrected chi connectivity index (χ4v) is 7.34. The van der Waals surface area contributed by atoms with Crippen molar-refractivity contribution in [1.29, 1.82) is 5.26 Å². The van der Waals surface area contributed by atoms with Gasteiger partial charge in [-0.3, -0.25) is 19.6 Å². The molecular formula is C35H33F6N9O. The number of alkyl halides is 6. The molecule has 0 atom stereocenters. The van der Waals surface area contributed by atoms with Crippen LogP contribution in [-0.4, -0.2) is 55.2 Å². The highest BCUT2D eigenvalue weighted by Gasteiger charge is 2.44. The van der Waals surface area contributed by atoms with Gasteiger partial charge in [-0.25, -0.2) is 4.98 Å². The number of benzene rings is 1. The number of hydrogen-bond donors (Lipinski definition) is 1. The summed E-state index contributed by atoms with van der Waals surface area (Å²) in [6.45, 7) is 1.69. The van der Waals surface area contributed by atoms with Crippen LogP contribution in [0.2, 0.25) is 0 Å². The van der Waals surface area contributed by atoms with Crippen molar-refractivity contribution in [2.75, 3.05) is 29.9 Å². The first kappa shape index (κ1) is 34.4. The van der Waals surface area contributed by atoms with E-state index in [1.807, 2.05) is 6.07 Å². The normalized spacial score (nSPS) is 17.1. The van der Waals surface area contributed by atoms with Crippen LogP contribution >= 0.6 is 0 Å². The highest BCUT2D eigenvalue weighted by atomic mass is 19.4. The standard InChI is InChI=1S/C35H33F6N9O/c1-48-20-45-47-31(48)25-16-44-28(35(39,40)41)15-23(25)22-13-29(43-9-3-2-8-42)46-30(14-22)50-18-26-24(32(50)51)11-21(12-27(26)34(36,37)38)17-49-10-7-33(19-49)5-4-6-33/h11-16,20H,2-7,9-10,17-19H2,1H3,(H,43,46). The van der Waals surface area contributed by atoms with Crippen molar-refractivity contribution in [3.63, 3.8) is 0 Å². The van der Waals surface area contributed by atoms with Crippen molar-refractivity contribution < 1.29 is 31.1 Å². The van der Waals surface area contributed by atoms with Crippen molar-refractivity contribution in [3.8, 4) is 28.6 Å². The summed E-state index contributed by atoms with van der Waals surface area (Å²) in [7, 11) is 1.61. The predicted molar refractivity (Wildman–Crippen MR) is 174 cm³/mol. The average molecular weight is 710 g/mol. The van der Waals surface area contributed by atoms with Crippen LogP contribution in [0.1, 0.15) is 71.3 Å². The van der Waals surface area contributed by atoms with Crippen molar-refractivity contribution in [2.45, 2.75) is 64.0 Å². The molecule has 16 heteroatoms. The van der Waals surface area contributed by atoms with Gasteiger partial charge in [-0.2, -0.15) is 31.6 Å². The number of halogens is 6. The lowest BCUT2D eigenvalue weighted by Gasteiger charge is -2.38. The lowest BCUT2D eigenvalue weighted by molar-refractivity contribution is -0.141. The molecule has 3 aliphatic rings.